The van der Waals surface area contributed by atoms with Gasteiger partial charge in [-0.3, -0.25) is 19.2 Å². The van der Waals surface area contributed by atoms with Crippen molar-refractivity contribution >= 4 is 39.6 Å². The van der Waals surface area contributed by atoms with E-state index in [2.05, 4.69) is 16.0 Å². The third-order valence-electron chi connectivity index (χ3n) is 10.1. The summed E-state index contributed by atoms with van der Waals surface area (Å²) < 4.78 is 25.3. The number of rotatable bonds is 7. The molecule has 6 atom stereocenters. The van der Waals surface area contributed by atoms with Crippen LogP contribution in [0.2, 0.25) is 0 Å². The summed E-state index contributed by atoms with van der Waals surface area (Å²) in [6.45, 7) is 10.2. The van der Waals surface area contributed by atoms with Gasteiger partial charge in [0, 0.05) is 26.2 Å². The number of hydrogen-bond donors (Lipinski definition) is 4. The van der Waals surface area contributed by atoms with E-state index in [4.69, 9.17) is 5.73 Å². The van der Waals surface area contributed by atoms with Crippen LogP contribution in [0.4, 0.5) is 4.79 Å². The van der Waals surface area contributed by atoms with Crippen LogP contribution in [0.3, 0.4) is 0 Å². The fourth-order valence-corrected chi connectivity index (χ4v) is 7.26. The first-order valence-corrected chi connectivity index (χ1v) is 18.0. The van der Waals surface area contributed by atoms with Crippen molar-refractivity contribution < 1.29 is 32.4 Å². The molecule has 2 saturated heterocycles. The Kier molecular flexibility index (Phi) is 11.7. The van der Waals surface area contributed by atoms with Crippen molar-refractivity contribution in [3.05, 3.63) is 0 Å². The third kappa shape index (κ3) is 9.17. The maximum atomic E-state index is 14.2. The standard InChI is InChI=1S/C31H54N6O7S/c1-30(2,3)22(18-36(6)45(7,43)44)35-29(42)34-21-16-14-12-10-8-9-11-13-15-20(25(38)26(32)39)33-27(40)24-23-19(31(23,4)5)17-37(24)28(21)41/h19-24H,8-18H2,1-7H3,(H2,32,39)(H,33,40)(H2,34,35,42)/t19-,20-,21-,22+,23-,24-/m0/s1. The van der Waals surface area contributed by atoms with Gasteiger partial charge in [0.25, 0.3) is 5.91 Å². The fraction of sp³-hybridized carbons (Fsp3) is 0.839. The van der Waals surface area contributed by atoms with E-state index in [1.54, 1.807) is 0 Å². The Morgan fingerprint density at radius 1 is 1.04 bits per heavy atom. The minimum absolute atomic E-state index is 0.0480. The van der Waals surface area contributed by atoms with Gasteiger partial charge >= 0.3 is 6.03 Å². The van der Waals surface area contributed by atoms with E-state index in [9.17, 15) is 32.4 Å². The number of carbonyl (C=O) groups excluding carboxylic acids is 5. The van der Waals surface area contributed by atoms with E-state index in [0.717, 1.165) is 38.4 Å². The van der Waals surface area contributed by atoms with Crippen LogP contribution < -0.4 is 21.7 Å². The molecule has 256 valence electrons. The van der Waals surface area contributed by atoms with Crippen LogP contribution in [0, 0.1) is 22.7 Å². The zero-order chi connectivity index (χ0) is 33.9. The number of fused-ring (bicyclic) bond motifs is 3. The summed E-state index contributed by atoms with van der Waals surface area (Å²) in [6.07, 6.45) is 7.67. The number of amides is 5. The molecule has 0 aromatic carbocycles. The summed E-state index contributed by atoms with van der Waals surface area (Å²) in [7, 11) is -2.04. The number of nitrogens with zero attached hydrogens (tertiary/aromatic N) is 2. The minimum Gasteiger partial charge on any atom is -0.363 e. The number of carbonyl (C=O) groups is 5. The summed E-state index contributed by atoms with van der Waals surface area (Å²) >= 11 is 0. The second-order valence-corrected chi connectivity index (χ2v) is 17.0. The normalized spacial score (nSPS) is 28.8. The number of nitrogens with two attached hydrogens (primary N) is 1. The Balaban J connectivity index is 1.86. The molecule has 5 N–H and O–H groups in total. The second-order valence-electron chi connectivity index (χ2n) is 14.9. The van der Waals surface area contributed by atoms with Gasteiger partial charge in [0.1, 0.15) is 12.1 Å². The predicted molar refractivity (Wildman–Crippen MR) is 170 cm³/mol. The quantitative estimate of drug-likeness (QED) is 0.299. The lowest BCUT2D eigenvalue weighted by molar-refractivity contribution is -0.143. The topological polar surface area (TPSA) is 188 Å². The van der Waals surface area contributed by atoms with E-state index in [1.807, 2.05) is 34.6 Å². The molecule has 13 nitrogen and oxygen atoms in total. The Morgan fingerprint density at radius 2 is 1.60 bits per heavy atom. The second kappa shape index (κ2) is 14.4. The molecule has 2 heterocycles. The first kappa shape index (κ1) is 36.7. The Hall–Kier alpha value is -2.74. The number of likely N-dealkylation sites (N-methyl/N-ethyl adjacent to an activating group) is 1. The Bertz CT molecular complexity index is 1250. The zero-order valence-corrected chi connectivity index (χ0v) is 28.8. The van der Waals surface area contributed by atoms with E-state index in [-0.39, 0.29) is 29.7 Å². The van der Waals surface area contributed by atoms with Crippen molar-refractivity contribution in [1.82, 2.24) is 25.2 Å². The molecule has 5 amide bonds. The van der Waals surface area contributed by atoms with Crippen LogP contribution in [0.25, 0.3) is 0 Å². The monoisotopic (exact) mass is 654 g/mol. The van der Waals surface area contributed by atoms with Gasteiger partial charge < -0.3 is 26.6 Å². The van der Waals surface area contributed by atoms with Crippen LogP contribution in [-0.4, -0.2) is 97.7 Å². The first-order chi connectivity index (χ1) is 20.8. The molecule has 14 heteroatoms. The van der Waals surface area contributed by atoms with Crippen LogP contribution in [0.15, 0.2) is 0 Å². The number of hydrogen-bond acceptors (Lipinski definition) is 7. The molecule has 3 fully saturated rings. The SMILES string of the molecule is CN(C[C@@H](NC(=O)N[C@H]1CCCCCCCCC[C@@H](C(=O)C(N)=O)NC(=O)[C@@H]2[C@@H]3[C@H](CN2C1=O)C3(C)C)C(C)(C)C)S(C)(=O)=O. The van der Waals surface area contributed by atoms with Gasteiger partial charge in [-0.15, -0.1) is 0 Å². The highest BCUT2D eigenvalue weighted by molar-refractivity contribution is 7.88. The molecule has 0 spiro atoms. The number of urea groups is 1. The van der Waals surface area contributed by atoms with Gasteiger partial charge in [-0.1, -0.05) is 79.6 Å². The number of Topliss-reactive ketones (excluding diaryl/α,β-unsaturated/α-hetero) is 1. The summed E-state index contributed by atoms with van der Waals surface area (Å²) in [6, 6.07) is -3.98. The van der Waals surface area contributed by atoms with Gasteiger partial charge in [0.15, 0.2) is 0 Å². The maximum absolute atomic E-state index is 14.2. The lowest BCUT2D eigenvalue weighted by atomic mass is 9.86. The first-order valence-electron chi connectivity index (χ1n) is 16.2. The van der Waals surface area contributed by atoms with Gasteiger partial charge in [-0.05, 0) is 35.5 Å². The highest BCUT2D eigenvalue weighted by Crippen LogP contribution is 2.65. The van der Waals surface area contributed by atoms with Gasteiger partial charge in [-0.25, -0.2) is 17.5 Å². The van der Waals surface area contributed by atoms with Gasteiger partial charge in [-0.2, -0.15) is 0 Å². The highest BCUT2D eigenvalue weighted by Gasteiger charge is 2.69. The summed E-state index contributed by atoms with van der Waals surface area (Å²) in [5, 5.41) is 8.50. The van der Waals surface area contributed by atoms with Gasteiger partial charge in [0.2, 0.25) is 27.6 Å². The Labute approximate surface area is 268 Å². The van der Waals surface area contributed by atoms with Crippen LogP contribution in [0.5, 0.6) is 0 Å². The predicted octanol–water partition coefficient (Wildman–Crippen LogP) is 1.51. The van der Waals surface area contributed by atoms with Crippen molar-refractivity contribution in [1.29, 1.82) is 0 Å². The van der Waals surface area contributed by atoms with Crippen LogP contribution >= 0.6 is 0 Å². The average Bonchev–Trinajstić information content (AvgIpc) is 3.24. The summed E-state index contributed by atoms with van der Waals surface area (Å²) in [5.74, 6) is -2.87. The lowest BCUT2D eigenvalue weighted by Crippen LogP contribution is -2.60. The third-order valence-corrected chi connectivity index (χ3v) is 11.4. The molecule has 0 bridgehead atoms. The number of ketones is 1. The van der Waals surface area contributed by atoms with Crippen molar-refractivity contribution in [2.24, 2.45) is 28.4 Å². The van der Waals surface area contributed by atoms with Crippen molar-refractivity contribution in [3.8, 4) is 0 Å². The maximum Gasteiger partial charge on any atom is 0.315 e. The van der Waals surface area contributed by atoms with Crippen molar-refractivity contribution in [3.63, 3.8) is 0 Å². The number of piperidine rings is 1. The molecule has 0 aromatic heterocycles. The molecule has 1 saturated carbocycles. The molecule has 1 aliphatic carbocycles. The largest absolute Gasteiger partial charge is 0.363 e. The number of nitrogens with one attached hydrogen (secondary N) is 3. The van der Waals surface area contributed by atoms with Crippen LogP contribution in [0.1, 0.15) is 92.4 Å². The molecule has 45 heavy (non-hydrogen) atoms. The smallest absolute Gasteiger partial charge is 0.315 e. The van der Waals surface area contributed by atoms with Gasteiger partial charge in [0.05, 0.1) is 12.3 Å². The van der Waals surface area contributed by atoms with E-state index in [1.165, 1.54) is 16.3 Å². The summed E-state index contributed by atoms with van der Waals surface area (Å²) in [4.78, 5) is 67.3. The van der Waals surface area contributed by atoms with Crippen molar-refractivity contribution in [2.45, 2.75) is 117 Å². The molecule has 0 aromatic rings. The summed E-state index contributed by atoms with van der Waals surface area (Å²) in [5.41, 5.74) is 4.63. The molecule has 3 aliphatic rings. The molecule has 0 radical (unpaired) electrons. The van der Waals surface area contributed by atoms with Crippen LogP contribution in [-0.2, 0) is 29.2 Å². The molecular formula is C31H54N6O7S. The van der Waals surface area contributed by atoms with E-state index < -0.39 is 63.2 Å². The minimum atomic E-state index is -3.49. The lowest BCUT2D eigenvalue weighted by Gasteiger charge is -2.36. The Morgan fingerprint density at radius 3 is 2.13 bits per heavy atom. The van der Waals surface area contributed by atoms with E-state index >= 15 is 0 Å². The van der Waals surface area contributed by atoms with Crippen molar-refractivity contribution in [2.75, 3.05) is 26.4 Å². The zero-order valence-electron chi connectivity index (χ0n) is 28.0. The molecule has 3 rings (SSSR count). The highest BCUT2D eigenvalue weighted by atomic mass is 32.2. The number of primary amides is 1. The number of sulfonamides is 1. The fourth-order valence-electron chi connectivity index (χ4n) is 6.84. The van der Waals surface area contributed by atoms with E-state index in [0.29, 0.717) is 32.2 Å². The molecular weight excluding hydrogens is 600 g/mol. The average molecular weight is 655 g/mol. The molecule has 0 unspecified atom stereocenters. The molecule has 2 aliphatic heterocycles.